The molecule has 0 radical (unpaired) electrons. The lowest BCUT2D eigenvalue weighted by atomic mass is 10.1. The summed E-state index contributed by atoms with van der Waals surface area (Å²) in [5.41, 5.74) is 0. The van der Waals surface area contributed by atoms with Gasteiger partial charge in [0.05, 0.1) is 6.61 Å². The zero-order chi connectivity index (χ0) is 16.9. The van der Waals surface area contributed by atoms with Gasteiger partial charge in [0.15, 0.2) is 0 Å². The first-order valence-electron chi connectivity index (χ1n) is 9.28. The van der Waals surface area contributed by atoms with Gasteiger partial charge in [-0.3, -0.25) is 0 Å². The Morgan fingerprint density at radius 2 is 1.65 bits per heavy atom. The van der Waals surface area contributed by atoms with E-state index >= 15 is 0 Å². The Kier molecular flexibility index (Phi) is 11.1. The molecule has 1 aromatic heterocycles. The fourth-order valence-electron chi connectivity index (χ4n) is 2.44. The summed E-state index contributed by atoms with van der Waals surface area (Å²) in [5, 5.41) is 0.481. The normalized spacial score (nSPS) is 11.2. The van der Waals surface area contributed by atoms with Gasteiger partial charge in [-0.05, 0) is 18.8 Å². The van der Waals surface area contributed by atoms with Crippen molar-refractivity contribution in [2.24, 2.45) is 5.92 Å². The largest absolute Gasteiger partial charge is 0.478 e. The first-order valence-corrected chi connectivity index (χ1v) is 9.66. The van der Waals surface area contributed by atoms with Crippen LogP contribution in [0.3, 0.4) is 0 Å². The minimum atomic E-state index is 0.481. The second-order valence-electron chi connectivity index (χ2n) is 6.70. The predicted molar refractivity (Wildman–Crippen MR) is 98.3 cm³/mol. The van der Waals surface area contributed by atoms with E-state index in [1.165, 1.54) is 44.9 Å². The lowest BCUT2D eigenvalue weighted by molar-refractivity contribution is 0.278. The molecule has 3 nitrogen and oxygen atoms in total. The van der Waals surface area contributed by atoms with Crippen LogP contribution in [0.5, 0.6) is 5.88 Å². The summed E-state index contributed by atoms with van der Waals surface area (Å²) in [5.74, 6) is 2.05. The predicted octanol–water partition coefficient (Wildman–Crippen LogP) is 6.24. The van der Waals surface area contributed by atoms with Crippen LogP contribution in [0.25, 0.3) is 0 Å². The molecule has 0 fully saturated rings. The number of ether oxygens (including phenoxy) is 1. The molecule has 0 aliphatic heterocycles. The fraction of sp³-hybridized carbons (Fsp3) is 0.789. The number of rotatable bonds is 13. The van der Waals surface area contributed by atoms with Gasteiger partial charge in [-0.2, -0.15) is 4.98 Å². The Bertz CT molecular complexity index is 424. The zero-order valence-electron chi connectivity index (χ0n) is 15.1. The van der Waals surface area contributed by atoms with Crippen molar-refractivity contribution in [1.29, 1.82) is 0 Å². The van der Waals surface area contributed by atoms with Crippen LogP contribution in [-0.2, 0) is 6.42 Å². The van der Waals surface area contributed by atoms with Crippen molar-refractivity contribution >= 4 is 11.6 Å². The molecule has 0 unspecified atom stereocenters. The Labute approximate surface area is 147 Å². The molecule has 4 heteroatoms. The Balaban J connectivity index is 2.24. The molecule has 0 aliphatic carbocycles. The van der Waals surface area contributed by atoms with Crippen LogP contribution in [-0.4, -0.2) is 16.6 Å². The Hall–Kier alpha value is -0.830. The minimum Gasteiger partial charge on any atom is -0.478 e. The van der Waals surface area contributed by atoms with Gasteiger partial charge in [-0.1, -0.05) is 77.3 Å². The van der Waals surface area contributed by atoms with Crippen molar-refractivity contribution in [3.8, 4) is 5.88 Å². The molecule has 1 heterocycles. The first-order chi connectivity index (χ1) is 11.1. The van der Waals surface area contributed by atoms with Gasteiger partial charge in [0.1, 0.15) is 11.0 Å². The number of hydrogen-bond donors (Lipinski definition) is 0. The van der Waals surface area contributed by atoms with Gasteiger partial charge in [-0.25, -0.2) is 4.98 Å². The van der Waals surface area contributed by atoms with Gasteiger partial charge in [0.2, 0.25) is 5.88 Å². The van der Waals surface area contributed by atoms with Crippen LogP contribution >= 0.6 is 11.6 Å². The highest BCUT2D eigenvalue weighted by Gasteiger charge is 2.05. The molecule has 0 saturated heterocycles. The van der Waals surface area contributed by atoms with E-state index < -0.39 is 0 Å². The summed E-state index contributed by atoms with van der Waals surface area (Å²) >= 11 is 6.07. The summed E-state index contributed by atoms with van der Waals surface area (Å²) in [7, 11) is 0. The molecule has 23 heavy (non-hydrogen) atoms. The molecule has 0 saturated carbocycles. The molecule has 0 amide bonds. The van der Waals surface area contributed by atoms with E-state index in [0.29, 0.717) is 23.6 Å². The van der Waals surface area contributed by atoms with E-state index in [-0.39, 0.29) is 0 Å². The maximum atomic E-state index is 6.07. The van der Waals surface area contributed by atoms with E-state index in [0.717, 1.165) is 25.1 Å². The highest BCUT2D eigenvalue weighted by molar-refractivity contribution is 6.29. The molecule has 0 spiro atoms. The van der Waals surface area contributed by atoms with Crippen molar-refractivity contribution in [2.45, 2.75) is 85.0 Å². The zero-order valence-corrected chi connectivity index (χ0v) is 15.9. The van der Waals surface area contributed by atoms with E-state index in [9.17, 15) is 0 Å². The molecule has 0 bridgehead atoms. The topological polar surface area (TPSA) is 35.0 Å². The lowest BCUT2D eigenvalue weighted by Gasteiger charge is -2.09. The number of nitrogens with zero attached hydrogens (tertiary/aromatic N) is 2. The summed E-state index contributed by atoms with van der Waals surface area (Å²) in [6.07, 6.45) is 12.4. The van der Waals surface area contributed by atoms with E-state index in [1.54, 1.807) is 6.07 Å². The molecular formula is C19H33ClN2O. The third kappa shape index (κ3) is 10.5. The molecule has 0 aliphatic rings. The lowest BCUT2D eigenvalue weighted by Crippen LogP contribution is -2.05. The molecule has 0 atom stereocenters. The number of halogens is 1. The van der Waals surface area contributed by atoms with Crippen LogP contribution in [0.15, 0.2) is 6.07 Å². The van der Waals surface area contributed by atoms with Gasteiger partial charge in [0.25, 0.3) is 0 Å². The quantitative estimate of drug-likeness (QED) is 0.315. The standard InChI is InChI=1S/C19H33ClN2O/c1-4-5-6-7-8-9-10-11-12-18-21-17(20)15-19(22-18)23-14-13-16(2)3/h15-16H,4-14H2,1-3H3. The maximum Gasteiger partial charge on any atom is 0.218 e. The van der Waals surface area contributed by atoms with E-state index in [4.69, 9.17) is 16.3 Å². The monoisotopic (exact) mass is 340 g/mol. The SMILES string of the molecule is CCCCCCCCCCc1nc(Cl)cc(OCCC(C)C)n1. The first kappa shape index (κ1) is 20.2. The number of aromatic nitrogens is 2. The van der Waals surface area contributed by atoms with Crippen LogP contribution in [0, 0.1) is 5.92 Å². The average molecular weight is 341 g/mol. The molecule has 0 aromatic carbocycles. The van der Waals surface area contributed by atoms with Crippen LogP contribution in [0.1, 0.15) is 84.4 Å². The van der Waals surface area contributed by atoms with Crippen molar-refractivity contribution in [3.05, 3.63) is 17.0 Å². The third-order valence-corrected chi connectivity index (χ3v) is 4.11. The van der Waals surface area contributed by atoms with Crippen LogP contribution in [0.4, 0.5) is 0 Å². The highest BCUT2D eigenvalue weighted by Crippen LogP contribution is 2.16. The van der Waals surface area contributed by atoms with E-state index in [1.807, 2.05) is 0 Å². The smallest absolute Gasteiger partial charge is 0.218 e. The van der Waals surface area contributed by atoms with Crippen molar-refractivity contribution in [3.63, 3.8) is 0 Å². The van der Waals surface area contributed by atoms with Gasteiger partial charge < -0.3 is 4.74 Å². The Morgan fingerprint density at radius 1 is 1.00 bits per heavy atom. The fourth-order valence-corrected chi connectivity index (χ4v) is 2.63. The summed E-state index contributed by atoms with van der Waals surface area (Å²) in [4.78, 5) is 8.78. The van der Waals surface area contributed by atoms with Crippen molar-refractivity contribution in [2.75, 3.05) is 6.61 Å². The average Bonchev–Trinajstić information content (AvgIpc) is 2.49. The summed E-state index contributed by atoms with van der Waals surface area (Å²) < 4.78 is 5.69. The second-order valence-corrected chi connectivity index (χ2v) is 7.09. The molecule has 1 rings (SSSR count). The minimum absolute atomic E-state index is 0.481. The highest BCUT2D eigenvalue weighted by atomic mass is 35.5. The number of unbranched alkanes of at least 4 members (excludes halogenated alkanes) is 7. The van der Waals surface area contributed by atoms with E-state index in [2.05, 4.69) is 30.7 Å². The number of hydrogen-bond acceptors (Lipinski definition) is 3. The number of aryl methyl sites for hydroxylation is 1. The van der Waals surface area contributed by atoms with Gasteiger partial charge in [0, 0.05) is 12.5 Å². The van der Waals surface area contributed by atoms with Crippen molar-refractivity contribution < 1.29 is 4.74 Å². The Morgan fingerprint density at radius 3 is 2.30 bits per heavy atom. The van der Waals surface area contributed by atoms with Crippen LogP contribution < -0.4 is 4.74 Å². The molecule has 132 valence electrons. The van der Waals surface area contributed by atoms with Gasteiger partial charge in [-0.15, -0.1) is 0 Å². The van der Waals surface area contributed by atoms with Crippen LogP contribution in [0.2, 0.25) is 5.15 Å². The molecule has 1 aromatic rings. The van der Waals surface area contributed by atoms with Gasteiger partial charge >= 0.3 is 0 Å². The summed E-state index contributed by atoms with van der Waals surface area (Å²) in [6, 6.07) is 1.71. The molecule has 0 N–H and O–H groups in total. The second kappa shape index (κ2) is 12.6. The third-order valence-electron chi connectivity index (χ3n) is 3.92. The molecular weight excluding hydrogens is 308 g/mol. The summed E-state index contributed by atoms with van der Waals surface area (Å²) in [6.45, 7) is 7.31. The van der Waals surface area contributed by atoms with Crippen molar-refractivity contribution in [1.82, 2.24) is 9.97 Å². The maximum absolute atomic E-state index is 6.07.